The summed E-state index contributed by atoms with van der Waals surface area (Å²) in [5.74, 6) is 0.930. The number of carbonyl (C=O) groups is 1. The summed E-state index contributed by atoms with van der Waals surface area (Å²) in [6.45, 7) is 4.36. The summed E-state index contributed by atoms with van der Waals surface area (Å²) in [5, 5.41) is 0. The summed E-state index contributed by atoms with van der Waals surface area (Å²) < 4.78 is 5.62. The van der Waals surface area contributed by atoms with Gasteiger partial charge in [-0.1, -0.05) is 19.6 Å². The number of ketones is 1. The monoisotopic (exact) mass is 262 g/mol. The first-order chi connectivity index (χ1) is 8.74. The van der Waals surface area contributed by atoms with Crippen LogP contribution in [0.2, 0.25) is 0 Å². The first-order valence-electron chi connectivity index (χ1n) is 6.59. The number of hydrogen-bond acceptors (Lipinski definition) is 2. The number of carbonyl (C=O) groups excluding carboxylic acids is 1. The molecule has 1 rings (SSSR count). The van der Waals surface area contributed by atoms with E-state index in [1.165, 1.54) is 12.8 Å². The van der Waals surface area contributed by atoms with Gasteiger partial charge < -0.3 is 4.74 Å². The Bertz CT molecular complexity index is 377. The van der Waals surface area contributed by atoms with Crippen molar-refractivity contribution in [3.8, 4) is 5.75 Å². The SMILES string of the molecule is C.C/C=C\CCCCCOc1ccc(C(C)=O)cc1. The van der Waals surface area contributed by atoms with Gasteiger partial charge in [-0.3, -0.25) is 4.79 Å². The number of Topliss-reactive ketones (excluding diaryl/α,β-unsaturated/α-hetero) is 1. The van der Waals surface area contributed by atoms with Crippen LogP contribution in [0.3, 0.4) is 0 Å². The van der Waals surface area contributed by atoms with E-state index in [1.807, 2.05) is 31.2 Å². The first kappa shape index (κ1) is 17.4. The Morgan fingerprint density at radius 3 is 2.42 bits per heavy atom. The van der Waals surface area contributed by atoms with Crippen molar-refractivity contribution >= 4 is 5.78 Å². The highest BCUT2D eigenvalue weighted by Gasteiger charge is 1.99. The Morgan fingerprint density at radius 2 is 1.84 bits per heavy atom. The lowest BCUT2D eigenvalue weighted by molar-refractivity contribution is 0.101. The first-order valence-corrected chi connectivity index (χ1v) is 6.59. The number of unbranched alkanes of at least 4 members (excludes halogenated alkanes) is 3. The van der Waals surface area contributed by atoms with Gasteiger partial charge in [0.05, 0.1) is 6.61 Å². The smallest absolute Gasteiger partial charge is 0.159 e. The fourth-order valence-corrected chi connectivity index (χ4v) is 1.68. The minimum Gasteiger partial charge on any atom is -0.494 e. The average Bonchev–Trinajstić information content (AvgIpc) is 2.38. The van der Waals surface area contributed by atoms with Crippen molar-refractivity contribution in [2.24, 2.45) is 0 Å². The van der Waals surface area contributed by atoms with Crippen molar-refractivity contribution in [2.75, 3.05) is 6.61 Å². The fraction of sp³-hybridized carbons (Fsp3) is 0.471. The second-order valence-corrected chi connectivity index (χ2v) is 4.35. The second kappa shape index (κ2) is 10.4. The van der Waals surface area contributed by atoms with Crippen LogP contribution < -0.4 is 4.74 Å². The van der Waals surface area contributed by atoms with Crippen molar-refractivity contribution in [1.29, 1.82) is 0 Å². The fourth-order valence-electron chi connectivity index (χ4n) is 1.68. The van der Waals surface area contributed by atoms with Crippen LogP contribution in [0.15, 0.2) is 36.4 Å². The molecule has 0 N–H and O–H groups in total. The topological polar surface area (TPSA) is 26.3 Å². The maximum Gasteiger partial charge on any atom is 0.159 e. The molecule has 106 valence electrons. The molecule has 0 spiro atoms. The molecule has 0 aliphatic heterocycles. The van der Waals surface area contributed by atoms with Crippen molar-refractivity contribution in [1.82, 2.24) is 0 Å². The van der Waals surface area contributed by atoms with E-state index in [0.29, 0.717) is 0 Å². The van der Waals surface area contributed by atoms with Crippen LogP contribution >= 0.6 is 0 Å². The van der Waals surface area contributed by atoms with Crippen molar-refractivity contribution in [3.63, 3.8) is 0 Å². The largest absolute Gasteiger partial charge is 0.494 e. The zero-order chi connectivity index (χ0) is 13.2. The third-order valence-corrected chi connectivity index (χ3v) is 2.78. The molecule has 0 saturated heterocycles. The van der Waals surface area contributed by atoms with E-state index in [2.05, 4.69) is 12.2 Å². The summed E-state index contributed by atoms with van der Waals surface area (Å²) in [7, 11) is 0. The van der Waals surface area contributed by atoms with Gasteiger partial charge in [-0.2, -0.15) is 0 Å². The van der Waals surface area contributed by atoms with Gasteiger partial charge in [0.2, 0.25) is 0 Å². The molecule has 0 aromatic heterocycles. The molecule has 0 unspecified atom stereocenters. The summed E-state index contributed by atoms with van der Waals surface area (Å²) in [5.41, 5.74) is 0.730. The third-order valence-electron chi connectivity index (χ3n) is 2.78. The minimum absolute atomic E-state index is 0. The highest BCUT2D eigenvalue weighted by Crippen LogP contribution is 2.13. The van der Waals surface area contributed by atoms with Gasteiger partial charge in [-0.25, -0.2) is 0 Å². The van der Waals surface area contributed by atoms with E-state index in [-0.39, 0.29) is 13.2 Å². The Morgan fingerprint density at radius 1 is 1.16 bits per heavy atom. The van der Waals surface area contributed by atoms with Gasteiger partial charge in [0.15, 0.2) is 5.78 Å². The van der Waals surface area contributed by atoms with E-state index >= 15 is 0 Å². The van der Waals surface area contributed by atoms with E-state index in [4.69, 9.17) is 4.74 Å². The highest BCUT2D eigenvalue weighted by atomic mass is 16.5. The zero-order valence-corrected chi connectivity index (χ0v) is 11.3. The molecule has 0 amide bonds. The Balaban J connectivity index is 0.00000324. The van der Waals surface area contributed by atoms with Crippen LogP contribution in [0.4, 0.5) is 0 Å². The molecule has 0 fully saturated rings. The number of allylic oxidation sites excluding steroid dienone is 2. The van der Waals surface area contributed by atoms with E-state index in [9.17, 15) is 4.79 Å². The van der Waals surface area contributed by atoms with Crippen LogP contribution in [-0.2, 0) is 0 Å². The molecule has 0 saturated carbocycles. The van der Waals surface area contributed by atoms with Crippen LogP contribution in [0.1, 0.15) is 57.3 Å². The lowest BCUT2D eigenvalue weighted by atomic mass is 10.1. The number of benzene rings is 1. The van der Waals surface area contributed by atoms with Gasteiger partial charge in [0.25, 0.3) is 0 Å². The summed E-state index contributed by atoms with van der Waals surface area (Å²) in [4.78, 5) is 11.1. The standard InChI is InChI=1S/C16H22O2.CH4/c1-3-4-5-6-7-8-13-18-16-11-9-15(10-12-16)14(2)17;/h3-4,9-12H,5-8,13H2,1-2H3;1H4/b4-3-;. The lowest BCUT2D eigenvalue weighted by Crippen LogP contribution is -1.98. The minimum atomic E-state index is 0. The Hall–Kier alpha value is -1.57. The Labute approximate surface area is 117 Å². The van der Waals surface area contributed by atoms with Crippen LogP contribution in [-0.4, -0.2) is 12.4 Å². The summed E-state index contributed by atoms with van der Waals surface area (Å²) in [6, 6.07) is 7.33. The molecule has 0 radical (unpaired) electrons. The van der Waals surface area contributed by atoms with Crippen molar-refractivity contribution < 1.29 is 9.53 Å². The molecule has 19 heavy (non-hydrogen) atoms. The van der Waals surface area contributed by atoms with E-state index in [0.717, 1.165) is 30.8 Å². The van der Waals surface area contributed by atoms with Gasteiger partial charge >= 0.3 is 0 Å². The third kappa shape index (κ3) is 7.45. The quantitative estimate of drug-likeness (QED) is 0.372. The predicted molar refractivity (Wildman–Crippen MR) is 82.0 cm³/mol. The number of ether oxygens (including phenoxy) is 1. The maximum absolute atomic E-state index is 11.1. The summed E-state index contributed by atoms with van der Waals surface area (Å²) in [6.07, 6.45) is 8.93. The number of hydrogen-bond donors (Lipinski definition) is 0. The zero-order valence-electron chi connectivity index (χ0n) is 11.3. The average molecular weight is 262 g/mol. The van der Waals surface area contributed by atoms with Gasteiger partial charge in [-0.05, 0) is 63.8 Å². The van der Waals surface area contributed by atoms with Crippen molar-refractivity contribution in [2.45, 2.75) is 47.0 Å². The Kier molecular flexibility index (Phi) is 9.51. The molecule has 2 nitrogen and oxygen atoms in total. The van der Waals surface area contributed by atoms with Crippen molar-refractivity contribution in [3.05, 3.63) is 42.0 Å². The summed E-state index contributed by atoms with van der Waals surface area (Å²) >= 11 is 0. The van der Waals surface area contributed by atoms with E-state index in [1.54, 1.807) is 6.92 Å². The molecule has 1 aromatic carbocycles. The molecule has 0 bridgehead atoms. The molecule has 0 heterocycles. The molecular weight excluding hydrogens is 236 g/mol. The molecular formula is C17H26O2. The predicted octanol–water partition coefficient (Wildman–Crippen LogP) is 5.04. The molecule has 0 aliphatic rings. The van der Waals surface area contributed by atoms with Crippen LogP contribution in [0.25, 0.3) is 0 Å². The molecule has 2 heteroatoms. The molecule has 1 aromatic rings. The number of rotatable bonds is 8. The second-order valence-electron chi connectivity index (χ2n) is 4.35. The van der Waals surface area contributed by atoms with E-state index < -0.39 is 0 Å². The molecule has 0 atom stereocenters. The van der Waals surface area contributed by atoms with Gasteiger partial charge in [0.1, 0.15) is 5.75 Å². The normalized spacial score (nSPS) is 10.2. The van der Waals surface area contributed by atoms with Gasteiger partial charge in [-0.15, -0.1) is 0 Å². The van der Waals surface area contributed by atoms with Gasteiger partial charge in [0, 0.05) is 5.56 Å². The highest BCUT2D eigenvalue weighted by molar-refractivity contribution is 5.94. The molecule has 0 aliphatic carbocycles. The maximum atomic E-state index is 11.1. The lowest BCUT2D eigenvalue weighted by Gasteiger charge is -2.06. The van der Waals surface area contributed by atoms with Crippen LogP contribution in [0.5, 0.6) is 5.75 Å². The van der Waals surface area contributed by atoms with Crippen LogP contribution in [0, 0.1) is 0 Å².